The molecular weight excluding hydrogens is 268 g/mol. The van der Waals surface area contributed by atoms with E-state index in [0.29, 0.717) is 0 Å². The van der Waals surface area contributed by atoms with Gasteiger partial charge in [0.2, 0.25) is 5.89 Å². The zero-order valence-electron chi connectivity index (χ0n) is 10.3. The van der Waals surface area contributed by atoms with Crippen LogP contribution in [0.4, 0.5) is 0 Å². The van der Waals surface area contributed by atoms with Gasteiger partial charge < -0.3 is 14.8 Å². The number of H-pyrrole nitrogens is 1. The van der Waals surface area contributed by atoms with Gasteiger partial charge >= 0.3 is 11.7 Å². The van der Waals surface area contributed by atoms with Gasteiger partial charge in [0.1, 0.15) is 11.7 Å². The number of pyridine rings is 1. The van der Waals surface area contributed by atoms with Crippen molar-refractivity contribution in [2.75, 3.05) is 0 Å². The second-order valence-corrected chi connectivity index (χ2v) is 3.88. The number of nitrogens with one attached hydrogen (secondary N) is 2. The molecule has 0 fully saturated rings. The van der Waals surface area contributed by atoms with Crippen LogP contribution in [0.1, 0.15) is 39.7 Å². The maximum absolute atomic E-state index is 11.8. The van der Waals surface area contributed by atoms with Gasteiger partial charge in [0.15, 0.2) is 0 Å². The van der Waals surface area contributed by atoms with Crippen LogP contribution in [0.2, 0.25) is 0 Å². The number of aromatic nitrogens is 3. The second-order valence-electron chi connectivity index (χ2n) is 3.88. The van der Waals surface area contributed by atoms with Crippen LogP contribution >= 0.6 is 0 Å². The second kappa shape index (κ2) is 5.34. The molecule has 0 saturated heterocycles. The Hall–Kier alpha value is -2.97. The lowest BCUT2D eigenvalue weighted by Crippen LogP contribution is -2.27. The molecule has 0 aliphatic heterocycles. The van der Waals surface area contributed by atoms with Gasteiger partial charge in [0.25, 0.3) is 5.91 Å². The van der Waals surface area contributed by atoms with Crippen molar-refractivity contribution < 1.29 is 19.1 Å². The molecule has 9 nitrogen and oxygen atoms in total. The number of amides is 1. The minimum Gasteiger partial charge on any atom is -0.478 e. The van der Waals surface area contributed by atoms with Crippen LogP contribution in [-0.4, -0.2) is 32.2 Å². The fourth-order valence-electron chi connectivity index (χ4n) is 1.41. The summed E-state index contributed by atoms with van der Waals surface area (Å²) in [7, 11) is 0. The molecule has 0 unspecified atom stereocenters. The molecule has 2 rings (SSSR count). The largest absolute Gasteiger partial charge is 0.478 e. The lowest BCUT2D eigenvalue weighted by molar-refractivity contribution is 0.0695. The maximum atomic E-state index is 11.8. The van der Waals surface area contributed by atoms with Crippen LogP contribution < -0.4 is 11.1 Å². The number of hydrogen-bond donors (Lipinski definition) is 3. The van der Waals surface area contributed by atoms with E-state index in [-0.39, 0.29) is 17.1 Å². The number of nitrogens with zero attached hydrogens (tertiary/aromatic N) is 2. The summed E-state index contributed by atoms with van der Waals surface area (Å²) in [6.45, 7) is 1.57. The molecule has 0 aliphatic carbocycles. The molecular formula is C11H10N4O5. The molecule has 3 N–H and O–H groups in total. The molecule has 0 bridgehead atoms. The zero-order valence-corrected chi connectivity index (χ0v) is 10.3. The number of aromatic carboxylic acids is 1. The molecule has 0 saturated carbocycles. The molecule has 0 radical (unpaired) electrons. The summed E-state index contributed by atoms with van der Waals surface area (Å²) < 4.78 is 4.70. The number of rotatable bonds is 4. The average Bonchev–Trinajstić information content (AvgIpc) is 2.85. The number of aromatic amines is 1. The summed E-state index contributed by atoms with van der Waals surface area (Å²) >= 11 is 0. The highest BCUT2D eigenvalue weighted by molar-refractivity contribution is 5.93. The van der Waals surface area contributed by atoms with Crippen molar-refractivity contribution in [2.24, 2.45) is 0 Å². The van der Waals surface area contributed by atoms with E-state index in [0.717, 1.165) is 6.20 Å². The van der Waals surface area contributed by atoms with Crippen molar-refractivity contribution in [1.29, 1.82) is 0 Å². The minimum atomic E-state index is -1.13. The van der Waals surface area contributed by atoms with Crippen molar-refractivity contribution in [3.8, 4) is 0 Å². The standard InChI is InChI=1S/C11H10N4O5/c1-5(9-14-15-11(19)20-9)13-8(16)7-3-2-6(4-12-7)10(17)18/h2-5H,1H3,(H,13,16)(H,15,19)(H,17,18)/t5-/m0/s1. The van der Waals surface area contributed by atoms with E-state index in [1.165, 1.54) is 12.1 Å². The number of hydrogen-bond acceptors (Lipinski definition) is 6. The summed E-state index contributed by atoms with van der Waals surface area (Å²) in [4.78, 5) is 37.0. The Balaban J connectivity index is 2.08. The highest BCUT2D eigenvalue weighted by Gasteiger charge is 2.17. The SMILES string of the molecule is C[C@H](NC(=O)c1ccc(C(=O)O)cn1)c1n[nH]c(=O)o1. The van der Waals surface area contributed by atoms with Crippen molar-refractivity contribution in [1.82, 2.24) is 20.5 Å². The van der Waals surface area contributed by atoms with Crippen molar-refractivity contribution in [3.05, 3.63) is 46.0 Å². The number of carbonyl (C=O) groups is 2. The Bertz CT molecular complexity index is 687. The first-order valence-electron chi connectivity index (χ1n) is 5.53. The molecule has 104 valence electrons. The van der Waals surface area contributed by atoms with Gasteiger partial charge in [-0.25, -0.2) is 14.7 Å². The van der Waals surface area contributed by atoms with Gasteiger partial charge in [0, 0.05) is 6.20 Å². The van der Waals surface area contributed by atoms with E-state index < -0.39 is 23.7 Å². The highest BCUT2D eigenvalue weighted by atomic mass is 16.4. The first kappa shape index (κ1) is 13.5. The Labute approximate surface area is 111 Å². The van der Waals surface area contributed by atoms with E-state index in [1.54, 1.807) is 6.92 Å². The van der Waals surface area contributed by atoms with Crippen LogP contribution in [0, 0.1) is 0 Å². The first-order valence-corrected chi connectivity index (χ1v) is 5.53. The summed E-state index contributed by atoms with van der Waals surface area (Å²) in [5.41, 5.74) is 0.0210. The van der Waals surface area contributed by atoms with E-state index in [2.05, 4.69) is 20.5 Å². The molecule has 9 heteroatoms. The van der Waals surface area contributed by atoms with Crippen LogP contribution in [0.25, 0.3) is 0 Å². The van der Waals surface area contributed by atoms with E-state index in [9.17, 15) is 14.4 Å². The average molecular weight is 278 g/mol. The highest BCUT2D eigenvalue weighted by Crippen LogP contribution is 2.07. The Morgan fingerprint density at radius 2 is 2.20 bits per heavy atom. The van der Waals surface area contributed by atoms with Crippen LogP contribution in [0.5, 0.6) is 0 Å². The third-order valence-corrected chi connectivity index (χ3v) is 2.42. The van der Waals surface area contributed by atoms with Gasteiger partial charge in [-0.2, -0.15) is 0 Å². The molecule has 0 aromatic carbocycles. The first-order chi connectivity index (χ1) is 9.47. The lowest BCUT2D eigenvalue weighted by Gasteiger charge is -2.09. The summed E-state index contributed by atoms with van der Waals surface area (Å²) in [5.74, 6) is -2.35. The van der Waals surface area contributed by atoms with Gasteiger partial charge in [-0.1, -0.05) is 0 Å². The molecule has 1 amide bonds. The lowest BCUT2D eigenvalue weighted by atomic mass is 10.2. The topological polar surface area (TPSA) is 138 Å². The quantitative estimate of drug-likeness (QED) is 0.712. The molecule has 0 spiro atoms. The van der Waals surface area contributed by atoms with Gasteiger partial charge in [0.05, 0.1) is 5.56 Å². The smallest absolute Gasteiger partial charge is 0.434 e. The molecule has 2 aromatic rings. The van der Waals surface area contributed by atoms with E-state index >= 15 is 0 Å². The summed E-state index contributed by atoms with van der Waals surface area (Å²) in [5, 5.41) is 16.9. The van der Waals surface area contributed by atoms with Gasteiger partial charge in [-0.15, -0.1) is 5.10 Å². The van der Waals surface area contributed by atoms with Crippen molar-refractivity contribution >= 4 is 11.9 Å². The Morgan fingerprint density at radius 3 is 2.70 bits per heavy atom. The van der Waals surface area contributed by atoms with Gasteiger partial charge in [-0.05, 0) is 19.1 Å². The normalized spacial score (nSPS) is 11.8. The fourth-order valence-corrected chi connectivity index (χ4v) is 1.41. The number of carbonyl (C=O) groups excluding carboxylic acids is 1. The van der Waals surface area contributed by atoms with Gasteiger partial charge in [-0.3, -0.25) is 9.78 Å². The van der Waals surface area contributed by atoms with E-state index in [4.69, 9.17) is 9.52 Å². The third kappa shape index (κ3) is 2.88. The van der Waals surface area contributed by atoms with E-state index in [1.807, 2.05) is 0 Å². The minimum absolute atomic E-state index is 0.0205. The van der Waals surface area contributed by atoms with Crippen molar-refractivity contribution in [2.45, 2.75) is 13.0 Å². The van der Waals surface area contributed by atoms with Crippen LogP contribution in [-0.2, 0) is 0 Å². The summed E-state index contributed by atoms with van der Waals surface area (Å²) in [6, 6.07) is 1.91. The Kier molecular flexibility index (Phi) is 3.60. The zero-order chi connectivity index (χ0) is 14.7. The molecule has 1 atom stereocenters. The predicted molar refractivity (Wildman–Crippen MR) is 64.2 cm³/mol. The monoisotopic (exact) mass is 278 g/mol. The Morgan fingerprint density at radius 1 is 1.45 bits per heavy atom. The number of carboxylic acids is 1. The summed E-state index contributed by atoms with van der Waals surface area (Å²) in [6.07, 6.45) is 1.08. The predicted octanol–water partition coefficient (Wildman–Crippen LogP) is -0.0529. The molecule has 2 aromatic heterocycles. The fraction of sp³-hybridized carbons (Fsp3) is 0.182. The maximum Gasteiger partial charge on any atom is 0.434 e. The molecule has 20 heavy (non-hydrogen) atoms. The van der Waals surface area contributed by atoms with Crippen LogP contribution in [0.15, 0.2) is 27.5 Å². The number of carboxylic acid groups (broad SMARTS) is 1. The molecule has 0 aliphatic rings. The molecule has 2 heterocycles. The van der Waals surface area contributed by atoms with Crippen LogP contribution in [0.3, 0.4) is 0 Å². The van der Waals surface area contributed by atoms with Crippen molar-refractivity contribution in [3.63, 3.8) is 0 Å². The third-order valence-electron chi connectivity index (χ3n) is 2.42.